The first-order valence-electron chi connectivity index (χ1n) is 33.3. The molecule has 0 saturated heterocycles. The zero-order chi connectivity index (χ0) is 59.9. The smallest absolute Gasteiger partial charge is 0.306 e. The maximum atomic E-state index is 12.9. The summed E-state index contributed by atoms with van der Waals surface area (Å²) in [7, 11) is 0. The third-order valence-corrected chi connectivity index (χ3v) is 13.4. The average molecular weight is 1140 g/mol. The molecule has 6 heteroatoms. The summed E-state index contributed by atoms with van der Waals surface area (Å²) in [6, 6.07) is 0. The number of ether oxygens (including phenoxy) is 3. The van der Waals surface area contributed by atoms with Crippen LogP contribution in [0.25, 0.3) is 0 Å². The van der Waals surface area contributed by atoms with Crippen molar-refractivity contribution in [2.45, 2.75) is 271 Å². The third-order valence-electron chi connectivity index (χ3n) is 13.4. The summed E-state index contributed by atoms with van der Waals surface area (Å²) in [6.07, 6.45) is 103. The van der Waals surface area contributed by atoms with E-state index in [1.54, 1.807) is 0 Å². The van der Waals surface area contributed by atoms with Crippen molar-refractivity contribution in [3.63, 3.8) is 0 Å². The van der Waals surface area contributed by atoms with Crippen LogP contribution >= 0.6 is 0 Å². The average Bonchev–Trinajstić information content (AvgIpc) is 3.49. The summed E-state index contributed by atoms with van der Waals surface area (Å²) in [4.78, 5) is 38.4. The fraction of sp³-hybridized carbons (Fsp3) is 0.571. The van der Waals surface area contributed by atoms with Gasteiger partial charge in [-0.1, -0.05) is 280 Å². The lowest BCUT2D eigenvalue weighted by Crippen LogP contribution is -2.30. The van der Waals surface area contributed by atoms with E-state index in [9.17, 15) is 14.4 Å². The van der Waals surface area contributed by atoms with Crippen molar-refractivity contribution in [3.05, 3.63) is 182 Å². The van der Waals surface area contributed by atoms with Gasteiger partial charge in [-0.15, -0.1) is 0 Å². The third kappa shape index (κ3) is 67.2. The van der Waals surface area contributed by atoms with E-state index in [0.29, 0.717) is 12.8 Å². The van der Waals surface area contributed by atoms with Gasteiger partial charge in [0.2, 0.25) is 0 Å². The van der Waals surface area contributed by atoms with Crippen LogP contribution < -0.4 is 0 Å². The lowest BCUT2D eigenvalue weighted by molar-refractivity contribution is -0.167. The topological polar surface area (TPSA) is 78.9 Å². The molecule has 0 N–H and O–H groups in total. The lowest BCUT2D eigenvalue weighted by Gasteiger charge is -2.18. The Morgan fingerprint density at radius 3 is 0.723 bits per heavy atom. The summed E-state index contributed by atoms with van der Waals surface area (Å²) in [6.45, 7) is 6.23. The number of carbonyl (C=O) groups excluding carboxylic acids is 3. The monoisotopic (exact) mass is 1140 g/mol. The molecular weight excluding hydrogens is 1020 g/mol. The summed E-state index contributed by atoms with van der Waals surface area (Å²) < 4.78 is 16.9. The van der Waals surface area contributed by atoms with Gasteiger partial charge in [0, 0.05) is 19.3 Å². The fourth-order valence-electron chi connectivity index (χ4n) is 8.53. The van der Waals surface area contributed by atoms with Gasteiger partial charge in [-0.25, -0.2) is 0 Å². The molecule has 0 aliphatic rings. The van der Waals surface area contributed by atoms with Crippen LogP contribution in [0.15, 0.2) is 182 Å². The van der Waals surface area contributed by atoms with Crippen LogP contribution in [0.3, 0.4) is 0 Å². The molecule has 6 nitrogen and oxygen atoms in total. The van der Waals surface area contributed by atoms with Crippen molar-refractivity contribution in [2.75, 3.05) is 13.2 Å². The van der Waals surface area contributed by atoms with Gasteiger partial charge in [0.15, 0.2) is 6.10 Å². The maximum Gasteiger partial charge on any atom is 0.306 e. The molecule has 464 valence electrons. The maximum absolute atomic E-state index is 12.9. The summed E-state index contributed by atoms with van der Waals surface area (Å²) in [5.74, 6) is -1.00. The van der Waals surface area contributed by atoms with E-state index in [2.05, 4.69) is 203 Å². The molecule has 0 fully saturated rings. The molecule has 83 heavy (non-hydrogen) atoms. The zero-order valence-corrected chi connectivity index (χ0v) is 53.1. The molecule has 0 saturated carbocycles. The minimum atomic E-state index is -0.825. The second kappa shape index (κ2) is 69.0. The van der Waals surface area contributed by atoms with Crippen molar-refractivity contribution in [1.29, 1.82) is 0 Å². The highest BCUT2D eigenvalue weighted by atomic mass is 16.6. The molecule has 1 atom stereocenters. The second-order valence-corrected chi connectivity index (χ2v) is 21.2. The van der Waals surface area contributed by atoms with E-state index in [1.807, 2.05) is 0 Å². The molecule has 0 radical (unpaired) electrons. The van der Waals surface area contributed by atoms with Crippen LogP contribution in [-0.2, 0) is 28.6 Å². The highest BCUT2D eigenvalue weighted by molar-refractivity contribution is 5.71. The largest absolute Gasteiger partial charge is 0.462 e. The Hall–Kier alpha value is -5.49. The number of rotatable bonds is 58. The molecular formula is C77H120O6. The molecule has 1 unspecified atom stereocenters. The number of hydrogen-bond acceptors (Lipinski definition) is 6. The first-order valence-corrected chi connectivity index (χ1v) is 33.3. The first-order chi connectivity index (χ1) is 41.0. The van der Waals surface area contributed by atoms with Crippen molar-refractivity contribution in [2.24, 2.45) is 0 Å². The highest BCUT2D eigenvalue weighted by Gasteiger charge is 2.19. The number of esters is 3. The highest BCUT2D eigenvalue weighted by Crippen LogP contribution is 2.15. The molecule has 0 aromatic carbocycles. The van der Waals surface area contributed by atoms with E-state index in [-0.39, 0.29) is 44.0 Å². The van der Waals surface area contributed by atoms with Gasteiger partial charge in [0.25, 0.3) is 0 Å². The Labute approximate surface area is 510 Å². The van der Waals surface area contributed by atoms with Gasteiger partial charge in [-0.2, -0.15) is 0 Å². The zero-order valence-electron chi connectivity index (χ0n) is 53.1. The van der Waals surface area contributed by atoms with Crippen molar-refractivity contribution in [3.8, 4) is 0 Å². The van der Waals surface area contributed by atoms with Crippen LogP contribution in [-0.4, -0.2) is 37.2 Å². The SMILES string of the molecule is CC/C=C\C/C=C\C/C=C\C/C=C\C/C=C\CCCCCCCCCCCCCC(=O)OCC(COC(=O)CCC/C=C\C/C=C\C/C=C\C/C=C\C/C=C\CC)OC(=O)CCCCCCC/C=C\C/C=C\C/C=C\C/C=C\C/C=C\CC. The predicted molar refractivity (Wildman–Crippen MR) is 361 cm³/mol. The summed E-state index contributed by atoms with van der Waals surface area (Å²) >= 11 is 0. The van der Waals surface area contributed by atoms with Crippen molar-refractivity contribution >= 4 is 17.9 Å². The first kappa shape index (κ1) is 77.5. The van der Waals surface area contributed by atoms with Crippen molar-refractivity contribution in [1.82, 2.24) is 0 Å². The van der Waals surface area contributed by atoms with Gasteiger partial charge in [-0.05, 0) is 148 Å². The Balaban J connectivity index is 4.49. The molecule has 0 aromatic heterocycles. The van der Waals surface area contributed by atoms with Crippen LogP contribution in [0.4, 0.5) is 0 Å². The van der Waals surface area contributed by atoms with E-state index >= 15 is 0 Å². The molecule has 0 heterocycles. The number of allylic oxidation sites excluding steroid dienone is 30. The summed E-state index contributed by atoms with van der Waals surface area (Å²) in [5, 5.41) is 0. The van der Waals surface area contributed by atoms with Crippen LogP contribution in [0, 0.1) is 0 Å². The van der Waals surface area contributed by atoms with Crippen molar-refractivity contribution < 1.29 is 28.6 Å². The molecule has 0 aliphatic heterocycles. The van der Waals surface area contributed by atoms with E-state index in [1.165, 1.54) is 57.8 Å². The van der Waals surface area contributed by atoms with Gasteiger partial charge >= 0.3 is 17.9 Å². The van der Waals surface area contributed by atoms with Gasteiger partial charge in [-0.3, -0.25) is 14.4 Å². The fourth-order valence-corrected chi connectivity index (χ4v) is 8.53. The quantitative estimate of drug-likeness (QED) is 0.0261. The standard InChI is InChI=1S/C77H120O6/c1-4-7-10-13-16-19-22-25-28-31-33-35-36-37-38-39-40-42-43-46-49-52-55-58-61-64-67-70-76(79)82-73-74(72-81-75(78)69-66-63-60-57-54-51-48-45-30-27-24-21-18-15-12-9-6-3)83-77(80)71-68-65-62-59-56-53-50-47-44-41-34-32-29-26-23-20-17-14-11-8-5-2/h7-12,16-21,25-30,33-35,37-38,41,47-48,50-51,57,60,74H,4-6,13-15,22-24,31-32,36,39-40,42-46,49,52-56,58-59,61-73H2,1-3H3/b10-7-,11-8-,12-9-,19-16-,20-17-,21-18-,28-25-,29-26-,30-27-,35-33-,38-37-,41-34-,50-47-,51-48-,60-57-. The Morgan fingerprint density at radius 2 is 0.446 bits per heavy atom. The molecule has 0 aliphatic carbocycles. The van der Waals surface area contributed by atoms with Crippen LogP contribution in [0.1, 0.15) is 265 Å². The van der Waals surface area contributed by atoms with Crippen LogP contribution in [0.2, 0.25) is 0 Å². The van der Waals surface area contributed by atoms with Crippen LogP contribution in [0.5, 0.6) is 0 Å². The Bertz CT molecular complexity index is 1940. The van der Waals surface area contributed by atoms with E-state index < -0.39 is 6.10 Å². The minimum Gasteiger partial charge on any atom is -0.462 e. The normalized spacial score (nSPS) is 13.3. The van der Waals surface area contributed by atoms with Gasteiger partial charge in [0.1, 0.15) is 13.2 Å². The van der Waals surface area contributed by atoms with Gasteiger partial charge in [0.05, 0.1) is 0 Å². The lowest BCUT2D eigenvalue weighted by atomic mass is 10.0. The number of unbranched alkanes of at least 4 members (excludes halogenated alkanes) is 17. The molecule has 0 amide bonds. The Kier molecular flexibility index (Phi) is 64.4. The molecule has 0 aromatic rings. The molecule has 0 spiro atoms. The Morgan fingerprint density at radius 1 is 0.241 bits per heavy atom. The molecule has 0 bridgehead atoms. The van der Waals surface area contributed by atoms with E-state index in [0.717, 1.165) is 161 Å². The number of carbonyl (C=O) groups is 3. The predicted octanol–water partition coefficient (Wildman–Crippen LogP) is 23.2. The summed E-state index contributed by atoms with van der Waals surface area (Å²) in [5.41, 5.74) is 0. The van der Waals surface area contributed by atoms with Gasteiger partial charge < -0.3 is 14.2 Å². The minimum absolute atomic E-state index is 0.114. The van der Waals surface area contributed by atoms with E-state index in [4.69, 9.17) is 14.2 Å². The second-order valence-electron chi connectivity index (χ2n) is 21.2. The molecule has 0 rings (SSSR count). The number of hydrogen-bond donors (Lipinski definition) is 0.